The van der Waals surface area contributed by atoms with Gasteiger partial charge in [-0.2, -0.15) is 0 Å². The van der Waals surface area contributed by atoms with Crippen molar-refractivity contribution >= 4 is 11.7 Å². The van der Waals surface area contributed by atoms with E-state index in [2.05, 4.69) is 6.08 Å². The van der Waals surface area contributed by atoms with Crippen LogP contribution in [0, 0.1) is 12.7 Å². The van der Waals surface area contributed by atoms with Crippen LogP contribution >= 0.6 is 0 Å². The van der Waals surface area contributed by atoms with Crippen molar-refractivity contribution in [1.82, 2.24) is 4.90 Å². The van der Waals surface area contributed by atoms with E-state index in [9.17, 15) is 9.18 Å². The fraction of sp³-hybridized carbons (Fsp3) is 0.348. The first-order valence-electron chi connectivity index (χ1n) is 9.58. The smallest absolute Gasteiger partial charge is 0.410 e. The van der Waals surface area contributed by atoms with Gasteiger partial charge in [-0.05, 0) is 67.0 Å². The van der Waals surface area contributed by atoms with Gasteiger partial charge in [-0.1, -0.05) is 42.5 Å². The summed E-state index contributed by atoms with van der Waals surface area (Å²) in [6.45, 7) is 2.29. The van der Waals surface area contributed by atoms with Gasteiger partial charge in [0.25, 0.3) is 0 Å². The molecule has 2 atom stereocenters. The zero-order valence-corrected chi connectivity index (χ0v) is 15.5. The van der Waals surface area contributed by atoms with Crippen LogP contribution in [0.15, 0.2) is 54.6 Å². The molecule has 0 saturated carbocycles. The number of carbonyl (C=O) groups is 1. The normalized spacial score (nSPS) is 21.6. The molecule has 0 N–H and O–H groups in total. The molecule has 0 radical (unpaired) electrons. The van der Waals surface area contributed by atoms with Crippen LogP contribution in [-0.2, 0) is 11.3 Å². The number of ether oxygens (including phenoxy) is 1. The van der Waals surface area contributed by atoms with Gasteiger partial charge in [-0.25, -0.2) is 9.18 Å². The van der Waals surface area contributed by atoms with E-state index >= 15 is 0 Å². The highest BCUT2D eigenvalue weighted by molar-refractivity contribution is 5.75. The molecular weight excluding hydrogens is 341 g/mol. The Kier molecular flexibility index (Phi) is 4.97. The summed E-state index contributed by atoms with van der Waals surface area (Å²) < 4.78 is 19.3. The fourth-order valence-corrected chi connectivity index (χ4v) is 4.25. The Morgan fingerprint density at radius 3 is 2.78 bits per heavy atom. The Balaban J connectivity index is 1.53. The molecule has 4 heteroatoms. The van der Waals surface area contributed by atoms with E-state index < -0.39 is 0 Å². The molecule has 2 aliphatic heterocycles. The van der Waals surface area contributed by atoms with Crippen molar-refractivity contribution in [2.24, 2.45) is 0 Å². The summed E-state index contributed by atoms with van der Waals surface area (Å²) in [4.78, 5) is 14.7. The minimum atomic E-state index is -0.250. The maximum Gasteiger partial charge on any atom is 0.410 e. The van der Waals surface area contributed by atoms with E-state index in [1.807, 2.05) is 48.2 Å². The first-order chi connectivity index (χ1) is 13.1. The van der Waals surface area contributed by atoms with Crippen molar-refractivity contribution in [2.75, 3.05) is 0 Å². The standard InChI is InChI=1S/C23H24FNO2/c1-16-10-11-19(24)14-22(16)18-12-20-8-5-9-21(13-18)25(20)23(26)27-15-17-6-3-2-4-7-17/h2-4,6-7,10-12,14,20-21H,5,8-9,13,15H2,1H3. The number of aryl methyl sites for hydroxylation is 1. The molecule has 2 bridgehead atoms. The number of hydrogen-bond donors (Lipinski definition) is 0. The van der Waals surface area contributed by atoms with E-state index in [1.54, 1.807) is 6.07 Å². The van der Waals surface area contributed by atoms with Crippen LogP contribution in [0.5, 0.6) is 0 Å². The Morgan fingerprint density at radius 1 is 1.19 bits per heavy atom. The van der Waals surface area contributed by atoms with Gasteiger partial charge in [-0.3, -0.25) is 4.90 Å². The lowest BCUT2D eigenvalue weighted by molar-refractivity contribution is 0.0510. The maximum absolute atomic E-state index is 13.7. The van der Waals surface area contributed by atoms with Crippen molar-refractivity contribution in [2.45, 2.75) is 51.3 Å². The topological polar surface area (TPSA) is 29.5 Å². The molecule has 0 spiro atoms. The summed E-state index contributed by atoms with van der Waals surface area (Å²) in [5.74, 6) is -0.216. The van der Waals surface area contributed by atoms with Crippen molar-refractivity contribution in [3.8, 4) is 0 Å². The third-order valence-corrected chi connectivity index (χ3v) is 5.60. The van der Waals surface area contributed by atoms with Gasteiger partial charge in [0.1, 0.15) is 12.4 Å². The van der Waals surface area contributed by atoms with Gasteiger partial charge in [0, 0.05) is 6.04 Å². The molecule has 0 aliphatic carbocycles. The minimum Gasteiger partial charge on any atom is -0.445 e. The van der Waals surface area contributed by atoms with Crippen LogP contribution in [0.2, 0.25) is 0 Å². The Morgan fingerprint density at radius 2 is 2.00 bits per heavy atom. The van der Waals surface area contributed by atoms with Gasteiger partial charge in [0.15, 0.2) is 0 Å². The average molecular weight is 365 g/mol. The van der Waals surface area contributed by atoms with Crippen LogP contribution in [0.4, 0.5) is 9.18 Å². The highest BCUT2D eigenvalue weighted by Gasteiger charge is 2.38. The highest BCUT2D eigenvalue weighted by Crippen LogP contribution is 2.38. The number of benzene rings is 2. The summed E-state index contributed by atoms with van der Waals surface area (Å²) in [6.07, 6.45) is 5.63. The molecule has 2 heterocycles. The van der Waals surface area contributed by atoms with Crippen LogP contribution in [0.1, 0.15) is 42.4 Å². The Hall–Kier alpha value is -2.62. The maximum atomic E-state index is 13.7. The quantitative estimate of drug-likeness (QED) is 0.721. The van der Waals surface area contributed by atoms with Gasteiger partial charge in [0.05, 0.1) is 6.04 Å². The van der Waals surface area contributed by atoms with Gasteiger partial charge in [0.2, 0.25) is 0 Å². The van der Waals surface area contributed by atoms with Gasteiger partial charge >= 0.3 is 6.09 Å². The monoisotopic (exact) mass is 365 g/mol. The van der Waals surface area contributed by atoms with E-state index in [-0.39, 0.29) is 30.6 Å². The lowest BCUT2D eigenvalue weighted by Crippen LogP contribution is -2.51. The van der Waals surface area contributed by atoms with Crippen LogP contribution in [0.3, 0.4) is 0 Å². The van der Waals surface area contributed by atoms with Gasteiger partial charge in [-0.15, -0.1) is 0 Å². The lowest BCUT2D eigenvalue weighted by Gasteiger charge is -2.44. The predicted molar refractivity (Wildman–Crippen MR) is 104 cm³/mol. The molecule has 2 aliphatic rings. The molecule has 1 saturated heterocycles. The third kappa shape index (κ3) is 3.75. The summed E-state index contributed by atoms with van der Waals surface area (Å²) in [5, 5.41) is 0. The van der Waals surface area contributed by atoms with Gasteiger partial charge < -0.3 is 4.74 Å². The van der Waals surface area contributed by atoms with E-state index in [0.29, 0.717) is 0 Å². The lowest BCUT2D eigenvalue weighted by atomic mass is 9.82. The molecular formula is C23H24FNO2. The first kappa shape index (κ1) is 17.8. The van der Waals surface area contributed by atoms with E-state index in [1.165, 1.54) is 6.07 Å². The number of amides is 1. The molecule has 1 amide bonds. The van der Waals surface area contributed by atoms with E-state index in [4.69, 9.17) is 4.74 Å². The number of rotatable bonds is 3. The fourth-order valence-electron chi connectivity index (χ4n) is 4.25. The average Bonchev–Trinajstić information content (AvgIpc) is 2.68. The second kappa shape index (κ2) is 7.55. The number of piperidine rings is 1. The number of hydrogen-bond acceptors (Lipinski definition) is 2. The predicted octanol–water partition coefficient (Wildman–Crippen LogP) is 5.48. The van der Waals surface area contributed by atoms with E-state index in [0.717, 1.165) is 47.9 Å². The molecule has 0 aromatic heterocycles. The summed E-state index contributed by atoms with van der Waals surface area (Å²) in [5.41, 5.74) is 4.17. The molecule has 2 aromatic carbocycles. The number of fused-ring (bicyclic) bond motifs is 2. The molecule has 1 fully saturated rings. The molecule has 2 unspecified atom stereocenters. The van der Waals surface area contributed by atoms with Crippen molar-refractivity contribution in [3.05, 3.63) is 77.1 Å². The molecule has 2 aromatic rings. The second-order valence-electron chi connectivity index (χ2n) is 7.45. The summed E-state index contributed by atoms with van der Waals surface area (Å²) in [6, 6.07) is 14.8. The highest BCUT2D eigenvalue weighted by atomic mass is 19.1. The Labute approximate surface area is 159 Å². The van der Waals surface area contributed by atoms with Crippen molar-refractivity contribution in [3.63, 3.8) is 0 Å². The molecule has 27 heavy (non-hydrogen) atoms. The molecule has 4 rings (SSSR count). The zero-order valence-electron chi connectivity index (χ0n) is 15.5. The first-order valence-corrected chi connectivity index (χ1v) is 9.58. The minimum absolute atomic E-state index is 0.0263. The van der Waals surface area contributed by atoms with Crippen LogP contribution < -0.4 is 0 Å². The summed E-state index contributed by atoms with van der Waals surface area (Å²) in [7, 11) is 0. The zero-order chi connectivity index (χ0) is 18.8. The Bertz CT molecular complexity index is 862. The molecule has 140 valence electrons. The largest absolute Gasteiger partial charge is 0.445 e. The SMILES string of the molecule is Cc1ccc(F)cc1C1=CC2CCCC(C1)N2C(=O)OCc1ccccc1. The van der Waals surface area contributed by atoms with Crippen molar-refractivity contribution in [1.29, 1.82) is 0 Å². The third-order valence-electron chi connectivity index (χ3n) is 5.60. The van der Waals surface area contributed by atoms with Crippen LogP contribution in [-0.4, -0.2) is 23.1 Å². The molecule has 3 nitrogen and oxygen atoms in total. The number of carbonyl (C=O) groups excluding carboxylic acids is 1. The number of halogens is 1. The summed E-state index contributed by atoms with van der Waals surface area (Å²) >= 11 is 0. The van der Waals surface area contributed by atoms with Crippen molar-refractivity contribution < 1.29 is 13.9 Å². The second-order valence-corrected chi connectivity index (χ2v) is 7.45. The number of nitrogens with zero attached hydrogens (tertiary/aromatic N) is 1. The van der Waals surface area contributed by atoms with Crippen LogP contribution in [0.25, 0.3) is 5.57 Å².